The molecule has 176 valence electrons. The van der Waals surface area contributed by atoms with Crippen LogP contribution in [0.5, 0.6) is 0 Å². The van der Waals surface area contributed by atoms with Gasteiger partial charge >= 0.3 is 0 Å². The van der Waals surface area contributed by atoms with Gasteiger partial charge in [-0.15, -0.1) is 0 Å². The molecule has 1 heteroatoms. The van der Waals surface area contributed by atoms with Gasteiger partial charge in [-0.3, -0.25) is 0 Å². The van der Waals surface area contributed by atoms with Gasteiger partial charge < -0.3 is 4.42 Å². The van der Waals surface area contributed by atoms with E-state index in [0.29, 0.717) is 5.92 Å². The van der Waals surface area contributed by atoms with Gasteiger partial charge in [0.1, 0.15) is 11.2 Å². The highest BCUT2D eigenvalue weighted by Gasteiger charge is 2.13. The molecule has 0 radical (unpaired) electrons. The monoisotopic (exact) mass is 474 g/mol. The Labute approximate surface area is 216 Å². The van der Waals surface area contributed by atoms with Gasteiger partial charge in [0, 0.05) is 22.3 Å². The largest absolute Gasteiger partial charge is 0.455 e. The van der Waals surface area contributed by atoms with Gasteiger partial charge in [0.15, 0.2) is 0 Å². The van der Waals surface area contributed by atoms with Crippen molar-refractivity contribution in [3.8, 4) is 22.3 Å². The molecule has 1 heterocycles. The molecule has 1 atom stereocenters. The highest BCUT2D eigenvalue weighted by Crippen LogP contribution is 2.36. The summed E-state index contributed by atoms with van der Waals surface area (Å²) in [6, 6.07) is 47.8. The average molecular weight is 475 g/mol. The Morgan fingerprint density at radius 2 is 1.11 bits per heavy atom. The van der Waals surface area contributed by atoms with Crippen molar-refractivity contribution in [1.82, 2.24) is 0 Å². The molecule has 0 bridgehead atoms. The topological polar surface area (TPSA) is 13.1 Å². The predicted molar refractivity (Wildman–Crippen MR) is 156 cm³/mol. The fourth-order valence-corrected chi connectivity index (χ4v) is 5.45. The molecule has 0 amide bonds. The van der Waals surface area contributed by atoms with Crippen LogP contribution in [-0.4, -0.2) is 0 Å². The maximum atomic E-state index is 6.26. The number of benzene rings is 6. The summed E-state index contributed by atoms with van der Waals surface area (Å²) in [5, 5.41) is 4.88. The van der Waals surface area contributed by atoms with Crippen LogP contribution in [0, 0.1) is 0 Å². The van der Waals surface area contributed by atoms with Crippen molar-refractivity contribution in [2.75, 3.05) is 0 Å². The lowest BCUT2D eigenvalue weighted by molar-refractivity contribution is 0.670. The third kappa shape index (κ3) is 3.80. The van der Waals surface area contributed by atoms with Crippen molar-refractivity contribution >= 4 is 32.7 Å². The Balaban J connectivity index is 1.17. The minimum atomic E-state index is 0.307. The van der Waals surface area contributed by atoms with Gasteiger partial charge in [0.05, 0.1) is 0 Å². The summed E-state index contributed by atoms with van der Waals surface area (Å²) in [6.07, 6.45) is 0. The summed E-state index contributed by atoms with van der Waals surface area (Å²) < 4.78 is 6.26. The Hall–Kier alpha value is -4.62. The molecule has 1 nitrogen and oxygen atoms in total. The first-order valence-electron chi connectivity index (χ1n) is 12.8. The van der Waals surface area contributed by atoms with E-state index in [-0.39, 0.29) is 0 Å². The standard InChI is InChI=1S/C36H26O/c1-24(25-13-17-28(18-14-25)31-22-19-27-7-2-3-8-30(27)23-31)26-15-20-29(21-16-26)32-10-6-11-34-33-9-4-5-12-35(33)37-36(32)34/h2-24H,1H3. The zero-order chi connectivity index (χ0) is 24.8. The molecule has 7 aromatic rings. The van der Waals surface area contributed by atoms with E-state index in [0.717, 1.165) is 27.5 Å². The van der Waals surface area contributed by atoms with Gasteiger partial charge in [0.2, 0.25) is 0 Å². The van der Waals surface area contributed by atoms with Crippen LogP contribution in [0.15, 0.2) is 138 Å². The highest BCUT2D eigenvalue weighted by atomic mass is 16.3. The zero-order valence-electron chi connectivity index (χ0n) is 20.7. The Morgan fingerprint density at radius 3 is 1.89 bits per heavy atom. The van der Waals surface area contributed by atoms with Crippen molar-refractivity contribution in [2.45, 2.75) is 12.8 Å². The van der Waals surface area contributed by atoms with E-state index in [1.807, 2.05) is 12.1 Å². The summed E-state index contributed by atoms with van der Waals surface area (Å²) in [6.45, 7) is 2.28. The molecule has 1 aromatic heterocycles. The maximum Gasteiger partial charge on any atom is 0.143 e. The molecular weight excluding hydrogens is 448 g/mol. The SMILES string of the molecule is CC(c1ccc(-c2ccc3ccccc3c2)cc1)c1ccc(-c2cccc3c2oc2ccccc23)cc1. The van der Waals surface area contributed by atoms with Gasteiger partial charge in [0.25, 0.3) is 0 Å². The summed E-state index contributed by atoms with van der Waals surface area (Å²) >= 11 is 0. The second kappa shape index (κ2) is 8.80. The highest BCUT2D eigenvalue weighted by molar-refractivity contribution is 6.09. The van der Waals surface area contributed by atoms with Crippen LogP contribution in [-0.2, 0) is 0 Å². The van der Waals surface area contributed by atoms with Gasteiger partial charge in [-0.25, -0.2) is 0 Å². The van der Waals surface area contributed by atoms with Crippen LogP contribution in [0.3, 0.4) is 0 Å². The van der Waals surface area contributed by atoms with Crippen LogP contribution < -0.4 is 0 Å². The number of hydrogen-bond donors (Lipinski definition) is 0. The normalized spacial score (nSPS) is 12.4. The number of rotatable bonds is 4. The Morgan fingerprint density at radius 1 is 0.486 bits per heavy atom. The molecule has 0 saturated heterocycles. The minimum Gasteiger partial charge on any atom is -0.455 e. The molecule has 0 N–H and O–H groups in total. The fraction of sp³-hybridized carbons (Fsp3) is 0.0556. The zero-order valence-corrected chi connectivity index (χ0v) is 20.7. The van der Waals surface area contributed by atoms with Crippen molar-refractivity contribution in [3.05, 3.63) is 145 Å². The number of para-hydroxylation sites is 2. The third-order valence-electron chi connectivity index (χ3n) is 7.62. The molecule has 0 spiro atoms. The van der Waals surface area contributed by atoms with E-state index in [1.165, 1.54) is 38.6 Å². The Bertz CT molecular complexity index is 1870. The second-order valence-electron chi connectivity index (χ2n) is 9.81. The number of fused-ring (bicyclic) bond motifs is 4. The first-order chi connectivity index (χ1) is 18.2. The summed E-state index contributed by atoms with van der Waals surface area (Å²) in [5.74, 6) is 0.307. The lowest BCUT2D eigenvalue weighted by Gasteiger charge is -2.14. The molecule has 1 unspecified atom stereocenters. The first kappa shape index (κ1) is 21.6. The predicted octanol–water partition coefficient (Wildman–Crippen LogP) is 10.2. The molecule has 0 aliphatic heterocycles. The molecule has 0 aliphatic carbocycles. The van der Waals surface area contributed by atoms with Crippen molar-refractivity contribution < 1.29 is 4.42 Å². The molecule has 0 aliphatic rings. The van der Waals surface area contributed by atoms with Crippen LogP contribution >= 0.6 is 0 Å². The molecule has 0 fully saturated rings. The van der Waals surface area contributed by atoms with Crippen LogP contribution in [0.1, 0.15) is 24.0 Å². The molecule has 37 heavy (non-hydrogen) atoms. The molecule has 6 aromatic carbocycles. The van der Waals surface area contributed by atoms with Crippen molar-refractivity contribution in [1.29, 1.82) is 0 Å². The number of furan rings is 1. The smallest absolute Gasteiger partial charge is 0.143 e. The van der Waals surface area contributed by atoms with E-state index in [2.05, 4.69) is 128 Å². The fourth-order valence-electron chi connectivity index (χ4n) is 5.45. The molecular formula is C36H26O. The first-order valence-corrected chi connectivity index (χ1v) is 12.8. The van der Waals surface area contributed by atoms with E-state index >= 15 is 0 Å². The summed E-state index contributed by atoms with van der Waals surface area (Å²) in [4.78, 5) is 0. The van der Waals surface area contributed by atoms with Crippen LogP contribution in [0.4, 0.5) is 0 Å². The quantitative estimate of drug-likeness (QED) is 0.247. The maximum absolute atomic E-state index is 6.26. The third-order valence-corrected chi connectivity index (χ3v) is 7.62. The second-order valence-corrected chi connectivity index (χ2v) is 9.81. The van der Waals surface area contributed by atoms with Crippen LogP contribution in [0.2, 0.25) is 0 Å². The Kier molecular flexibility index (Phi) is 5.15. The van der Waals surface area contributed by atoms with Crippen molar-refractivity contribution in [3.63, 3.8) is 0 Å². The average Bonchev–Trinajstić information content (AvgIpc) is 3.36. The minimum absolute atomic E-state index is 0.307. The van der Waals surface area contributed by atoms with E-state index in [1.54, 1.807) is 0 Å². The summed E-state index contributed by atoms with van der Waals surface area (Å²) in [7, 11) is 0. The van der Waals surface area contributed by atoms with Gasteiger partial charge in [-0.05, 0) is 50.7 Å². The van der Waals surface area contributed by atoms with Gasteiger partial charge in [-0.1, -0.05) is 128 Å². The number of hydrogen-bond acceptors (Lipinski definition) is 1. The van der Waals surface area contributed by atoms with E-state index < -0.39 is 0 Å². The van der Waals surface area contributed by atoms with E-state index in [4.69, 9.17) is 4.42 Å². The van der Waals surface area contributed by atoms with Crippen molar-refractivity contribution in [2.24, 2.45) is 0 Å². The lowest BCUT2D eigenvalue weighted by atomic mass is 9.90. The lowest BCUT2D eigenvalue weighted by Crippen LogP contribution is -1.96. The summed E-state index contributed by atoms with van der Waals surface area (Å²) in [5.41, 5.74) is 9.31. The van der Waals surface area contributed by atoms with E-state index in [9.17, 15) is 0 Å². The molecule has 7 rings (SSSR count). The van der Waals surface area contributed by atoms with Crippen LogP contribution in [0.25, 0.3) is 55.0 Å². The van der Waals surface area contributed by atoms with Gasteiger partial charge in [-0.2, -0.15) is 0 Å². The molecule has 0 saturated carbocycles.